The number of rotatable bonds is 11. The molecule has 0 amide bonds. The van der Waals surface area contributed by atoms with Gasteiger partial charge in [0.2, 0.25) is 0 Å². The topological polar surface area (TPSA) is 108 Å². The van der Waals surface area contributed by atoms with Crippen molar-refractivity contribution in [3.63, 3.8) is 0 Å². The number of carboxylic acids is 1. The third-order valence-electron chi connectivity index (χ3n) is 7.79. The Morgan fingerprint density at radius 1 is 1.05 bits per heavy atom. The van der Waals surface area contributed by atoms with Crippen LogP contribution in [0.4, 0.5) is 5.69 Å². The second kappa shape index (κ2) is 11.5. The summed E-state index contributed by atoms with van der Waals surface area (Å²) >= 11 is 0. The molecule has 1 saturated carbocycles. The van der Waals surface area contributed by atoms with E-state index in [1.165, 1.54) is 19.4 Å². The fourth-order valence-electron chi connectivity index (χ4n) is 5.57. The van der Waals surface area contributed by atoms with E-state index in [-0.39, 0.29) is 12.2 Å². The lowest BCUT2D eigenvalue weighted by atomic mass is 9.98. The van der Waals surface area contributed by atoms with E-state index in [1.807, 2.05) is 30.3 Å². The summed E-state index contributed by atoms with van der Waals surface area (Å²) in [5, 5.41) is 31.9. The van der Waals surface area contributed by atoms with E-state index in [2.05, 4.69) is 51.3 Å². The maximum Gasteiger partial charge on any atom is 0.303 e. The van der Waals surface area contributed by atoms with E-state index in [0.717, 1.165) is 41.4 Å². The number of unbranched alkanes of at least 4 members (excludes halogenated alkanes) is 1. The van der Waals surface area contributed by atoms with Crippen LogP contribution in [-0.4, -0.2) is 73.0 Å². The Hall–Kier alpha value is -3.46. The Balaban J connectivity index is 1.33. The maximum absolute atomic E-state index is 10.8. The van der Waals surface area contributed by atoms with E-state index >= 15 is 0 Å². The van der Waals surface area contributed by atoms with Gasteiger partial charge in [0.05, 0.1) is 0 Å². The summed E-state index contributed by atoms with van der Waals surface area (Å²) in [4.78, 5) is 15.9. The smallest absolute Gasteiger partial charge is 0.303 e. The molecule has 2 heterocycles. The van der Waals surface area contributed by atoms with Gasteiger partial charge in [-0.2, -0.15) is 0 Å². The van der Waals surface area contributed by atoms with Gasteiger partial charge < -0.3 is 15.1 Å². The Kier molecular flexibility index (Phi) is 7.93. The van der Waals surface area contributed by atoms with E-state index in [9.17, 15) is 9.90 Å². The summed E-state index contributed by atoms with van der Waals surface area (Å²) in [7, 11) is 0. The van der Waals surface area contributed by atoms with Gasteiger partial charge in [-0.1, -0.05) is 24.3 Å². The highest BCUT2D eigenvalue weighted by Crippen LogP contribution is 2.34. The minimum atomic E-state index is -0.790. The molecule has 3 aromatic rings. The average Bonchev–Trinajstić information content (AvgIpc) is 3.58. The van der Waals surface area contributed by atoms with Crippen molar-refractivity contribution in [2.45, 2.75) is 71.0 Å². The zero-order valence-corrected chi connectivity index (χ0v) is 22.3. The Morgan fingerprint density at radius 2 is 1.87 bits per heavy atom. The highest BCUT2D eigenvalue weighted by molar-refractivity contribution is 5.66. The molecular formula is C29H38N6O3. The van der Waals surface area contributed by atoms with Crippen LogP contribution < -0.4 is 4.90 Å². The highest BCUT2D eigenvalue weighted by atomic mass is 16.4. The summed E-state index contributed by atoms with van der Waals surface area (Å²) in [6.45, 7) is 8.35. The molecule has 9 nitrogen and oxygen atoms in total. The molecule has 2 fully saturated rings. The van der Waals surface area contributed by atoms with Crippen molar-refractivity contribution in [1.82, 2.24) is 25.1 Å². The minimum absolute atomic E-state index is 0.140. The molecule has 2 aliphatic rings. The van der Waals surface area contributed by atoms with Crippen LogP contribution >= 0.6 is 0 Å². The molecular weight excluding hydrogens is 480 g/mol. The molecule has 1 saturated heterocycles. The number of aliphatic carboxylic acids is 1. The molecule has 202 valence electrons. The van der Waals surface area contributed by atoms with Gasteiger partial charge in [-0.05, 0) is 85.6 Å². The SMILES string of the molecule is C[C@@H]1CN(c2cc(O)cc(Cc3ccccc3-c3nnnn3CCCCC(=O)O)c2)[C@@H](C)CN1CC1CC1. The van der Waals surface area contributed by atoms with Crippen molar-refractivity contribution in [3.8, 4) is 17.1 Å². The fraction of sp³-hybridized carbons (Fsp3) is 0.517. The number of carboxylic acid groups (broad SMARTS) is 1. The molecule has 0 bridgehead atoms. The first kappa shape index (κ1) is 26.2. The molecule has 0 spiro atoms. The van der Waals surface area contributed by atoms with Crippen molar-refractivity contribution < 1.29 is 15.0 Å². The first-order chi connectivity index (χ1) is 18.4. The zero-order valence-electron chi connectivity index (χ0n) is 22.3. The van der Waals surface area contributed by atoms with Gasteiger partial charge in [0.15, 0.2) is 5.82 Å². The van der Waals surface area contributed by atoms with Gasteiger partial charge in [-0.15, -0.1) is 5.10 Å². The number of aromatic hydroxyl groups is 1. The predicted molar refractivity (Wildman–Crippen MR) is 146 cm³/mol. The van der Waals surface area contributed by atoms with Gasteiger partial charge in [0.25, 0.3) is 0 Å². The minimum Gasteiger partial charge on any atom is -0.508 e. The Labute approximate surface area is 224 Å². The number of phenolic OH excluding ortho intramolecular Hbond substituents is 1. The number of aryl methyl sites for hydroxylation is 1. The molecule has 0 radical (unpaired) electrons. The number of benzene rings is 2. The Morgan fingerprint density at radius 3 is 2.66 bits per heavy atom. The van der Waals surface area contributed by atoms with Crippen LogP contribution in [0.1, 0.15) is 57.1 Å². The van der Waals surface area contributed by atoms with E-state index < -0.39 is 5.97 Å². The second-order valence-corrected chi connectivity index (χ2v) is 11.0. The first-order valence-corrected chi connectivity index (χ1v) is 13.8. The van der Waals surface area contributed by atoms with Crippen molar-refractivity contribution in [1.29, 1.82) is 0 Å². The summed E-state index contributed by atoms with van der Waals surface area (Å²) in [5.74, 6) is 1.04. The van der Waals surface area contributed by atoms with Crippen LogP contribution in [-0.2, 0) is 17.8 Å². The van der Waals surface area contributed by atoms with Gasteiger partial charge >= 0.3 is 5.97 Å². The van der Waals surface area contributed by atoms with Gasteiger partial charge in [-0.3, -0.25) is 9.69 Å². The Bertz CT molecular complexity index is 1260. The quantitative estimate of drug-likeness (QED) is 0.364. The lowest BCUT2D eigenvalue weighted by molar-refractivity contribution is -0.137. The van der Waals surface area contributed by atoms with Crippen LogP contribution in [0.5, 0.6) is 5.75 Å². The lowest BCUT2D eigenvalue weighted by Crippen LogP contribution is -2.57. The summed E-state index contributed by atoms with van der Waals surface area (Å²) in [6, 6.07) is 14.8. The van der Waals surface area contributed by atoms with Crippen LogP contribution in [0, 0.1) is 5.92 Å². The van der Waals surface area contributed by atoms with Crippen molar-refractivity contribution >= 4 is 11.7 Å². The monoisotopic (exact) mass is 518 g/mol. The number of hydrogen-bond donors (Lipinski definition) is 2. The summed E-state index contributed by atoms with van der Waals surface area (Å²) in [6.07, 6.45) is 4.78. The average molecular weight is 519 g/mol. The molecule has 38 heavy (non-hydrogen) atoms. The summed E-state index contributed by atoms with van der Waals surface area (Å²) < 4.78 is 1.75. The van der Waals surface area contributed by atoms with Crippen molar-refractivity contribution in [3.05, 3.63) is 53.6 Å². The van der Waals surface area contributed by atoms with Crippen molar-refractivity contribution in [2.75, 3.05) is 24.5 Å². The molecule has 1 aromatic heterocycles. The highest BCUT2D eigenvalue weighted by Gasteiger charge is 2.33. The normalized spacial score (nSPS) is 20.1. The van der Waals surface area contributed by atoms with E-state index in [0.29, 0.717) is 43.7 Å². The van der Waals surface area contributed by atoms with E-state index in [1.54, 1.807) is 4.68 Å². The van der Waals surface area contributed by atoms with Crippen LogP contribution in [0.15, 0.2) is 42.5 Å². The lowest BCUT2D eigenvalue weighted by Gasteiger charge is -2.45. The molecule has 1 aliphatic heterocycles. The van der Waals surface area contributed by atoms with Crippen molar-refractivity contribution in [2.24, 2.45) is 5.92 Å². The maximum atomic E-state index is 10.8. The number of aromatic nitrogens is 4. The number of carbonyl (C=O) groups is 1. The van der Waals surface area contributed by atoms with Crippen LogP contribution in [0.25, 0.3) is 11.4 Å². The third kappa shape index (κ3) is 6.32. The number of phenols is 1. The number of hydrogen-bond acceptors (Lipinski definition) is 7. The largest absolute Gasteiger partial charge is 0.508 e. The molecule has 9 heteroatoms. The number of piperazine rings is 1. The molecule has 2 N–H and O–H groups in total. The van der Waals surface area contributed by atoms with Gasteiger partial charge in [-0.25, -0.2) is 4.68 Å². The predicted octanol–water partition coefficient (Wildman–Crippen LogP) is 4.20. The van der Waals surface area contributed by atoms with Gasteiger partial charge in [0, 0.05) is 62.0 Å². The molecule has 2 aromatic carbocycles. The zero-order chi connectivity index (χ0) is 26.6. The fourth-order valence-corrected chi connectivity index (χ4v) is 5.57. The third-order valence-corrected chi connectivity index (χ3v) is 7.79. The molecule has 1 aliphatic carbocycles. The first-order valence-electron chi connectivity index (χ1n) is 13.8. The number of anilines is 1. The number of nitrogens with zero attached hydrogens (tertiary/aromatic N) is 6. The van der Waals surface area contributed by atoms with E-state index in [4.69, 9.17) is 5.11 Å². The number of tetrazole rings is 1. The van der Waals surface area contributed by atoms with Crippen LogP contribution in [0.3, 0.4) is 0 Å². The standard InChI is InChI=1S/C29H38N6O3/c1-20-18-34(21(2)17-33(20)19-22-10-11-22)25-14-23(15-26(36)16-25)13-24-7-3-4-8-27(24)29-30-31-32-35(29)12-6-5-9-28(37)38/h3-4,7-8,14-16,20-22,36H,5-6,9-13,17-19H2,1-2H3,(H,37,38)/t20-,21+/m1/s1. The summed E-state index contributed by atoms with van der Waals surface area (Å²) in [5.41, 5.74) is 4.11. The molecule has 0 unspecified atom stereocenters. The molecule has 5 rings (SSSR count). The second-order valence-electron chi connectivity index (χ2n) is 11.0. The van der Waals surface area contributed by atoms with Gasteiger partial charge in [0.1, 0.15) is 5.75 Å². The van der Waals surface area contributed by atoms with Crippen LogP contribution in [0.2, 0.25) is 0 Å². The molecule has 2 atom stereocenters.